The van der Waals surface area contributed by atoms with Gasteiger partial charge in [0.2, 0.25) is 6.79 Å². The molecule has 2 heterocycles. The van der Waals surface area contributed by atoms with Crippen molar-refractivity contribution in [2.24, 2.45) is 0 Å². The first kappa shape index (κ1) is 15.7. The van der Waals surface area contributed by atoms with Gasteiger partial charge in [-0.2, -0.15) is 0 Å². The maximum atomic E-state index is 12.5. The van der Waals surface area contributed by atoms with Gasteiger partial charge in [-0.25, -0.2) is 4.79 Å². The second-order valence-electron chi connectivity index (χ2n) is 6.35. The van der Waals surface area contributed by atoms with E-state index >= 15 is 0 Å². The molecule has 2 amide bonds. The third kappa shape index (κ3) is 3.84. The number of aromatic nitrogens is 1. The van der Waals surface area contributed by atoms with Crippen LogP contribution in [0.25, 0.3) is 0 Å². The first-order valence-corrected chi connectivity index (χ1v) is 8.62. The van der Waals surface area contributed by atoms with Crippen LogP contribution in [0.4, 0.5) is 4.79 Å². The summed E-state index contributed by atoms with van der Waals surface area (Å²) >= 11 is 0. The van der Waals surface area contributed by atoms with Crippen molar-refractivity contribution in [2.45, 2.75) is 31.8 Å². The summed E-state index contributed by atoms with van der Waals surface area (Å²) in [6.07, 6.45) is 4.66. The number of amides is 2. The molecule has 1 aliphatic carbocycles. The summed E-state index contributed by atoms with van der Waals surface area (Å²) in [6.45, 7) is 1.42. The van der Waals surface area contributed by atoms with Crippen molar-refractivity contribution in [3.63, 3.8) is 0 Å². The Labute approximate surface area is 146 Å². The van der Waals surface area contributed by atoms with Crippen LogP contribution >= 0.6 is 0 Å². The van der Waals surface area contributed by atoms with Crippen molar-refractivity contribution in [2.75, 3.05) is 13.3 Å². The highest BCUT2D eigenvalue weighted by molar-refractivity contribution is 5.74. The molecule has 2 aliphatic rings. The van der Waals surface area contributed by atoms with E-state index in [9.17, 15) is 4.79 Å². The lowest BCUT2D eigenvalue weighted by molar-refractivity contribution is 0.174. The van der Waals surface area contributed by atoms with Crippen LogP contribution in [0.5, 0.6) is 11.5 Å². The minimum absolute atomic E-state index is 0.0195. The van der Waals surface area contributed by atoms with Gasteiger partial charge in [0.15, 0.2) is 11.5 Å². The quantitative estimate of drug-likeness (QED) is 0.879. The Bertz CT molecular complexity index is 747. The number of hydrogen-bond donors (Lipinski definition) is 1. The Morgan fingerprint density at radius 2 is 2.08 bits per heavy atom. The second-order valence-corrected chi connectivity index (χ2v) is 6.35. The van der Waals surface area contributed by atoms with Crippen LogP contribution < -0.4 is 14.8 Å². The predicted molar refractivity (Wildman–Crippen MR) is 92.5 cm³/mol. The fourth-order valence-electron chi connectivity index (χ4n) is 2.93. The lowest BCUT2D eigenvalue weighted by Crippen LogP contribution is -2.41. The summed E-state index contributed by atoms with van der Waals surface area (Å²) in [6, 6.07) is 12.0. The number of rotatable bonds is 6. The fraction of sp³-hybridized carbons (Fsp3) is 0.368. The van der Waals surface area contributed by atoms with E-state index < -0.39 is 0 Å². The molecule has 1 aromatic carbocycles. The zero-order valence-electron chi connectivity index (χ0n) is 14.0. The summed E-state index contributed by atoms with van der Waals surface area (Å²) < 4.78 is 10.7. The van der Waals surface area contributed by atoms with E-state index in [2.05, 4.69) is 10.3 Å². The zero-order valence-corrected chi connectivity index (χ0v) is 14.0. The van der Waals surface area contributed by atoms with Crippen LogP contribution in [-0.4, -0.2) is 35.3 Å². The molecular weight excluding hydrogens is 318 g/mol. The second kappa shape index (κ2) is 7.01. The van der Waals surface area contributed by atoms with Crippen LogP contribution in [-0.2, 0) is 13.0 Å². The van der Waals surface area contributed by atoms with Crippen LogP contribution in [0.15, 0.2) is 42.6 Å². The van der Waals surface area contributed by atoms with E-state index in [0.717, 1.165) is 42.0 Å². The minimum atomic E-state index is -0.0195. The highest BCUT2D eigenvalue weighted by atomic mass is 16.7. The Kier molecular flexibility index (Phi) is 4.41. The molecule has 1 aliphatic heterocycles. The van der Waals surface area contributed by atoms with E-state index in [1.165, 1.54) is 0 Å². The molecule has 25 heavy (non-hydrogen) atoms. The van der Waals surface area contributed by atoms with Gasteiger partial charge in [-0.15, -0.1) is 0 Å². The van der Waals surface area contributed by atoms with Gasteiger partial charge in [0, 0.05) is 18.8 Å². The van der Waals surface area contributed by atoms with Crippen molar-refractivity contribution in [1.82, 2.24) is 15.2 Å². The summed E-state index contributed by atoms with van der Waals surface area (Å²) in [7, 11) is 0. The van der Waals surface area contributed by atoms with Gasteiger partial charge in [0.25, 0.3) is 0 Å². The van der Waals surface area contributed by atoms with E-state index in [1.807, 2.05) is 41.3 Å². The molecule has 0 saturated heterocycles. The van der Waals surface area contributed by atoms with Gasteiger partial charge >= 0.3 is 6.03 Å². The maximum absolute atomic E-state index is 12.5. The van der Waals surface area contributed by atoms with Crippen molar-refractivity contribution < 1.29 is 14.3 Å². The van der Waals surface area contributed by atoms with E-state index in [-0.39, 0.29) is 12.8 Å². The molecule has 0 unspecified atom stereocenters. The van der Waals surface area contributed by atoms with Gasteiger partial charge in [0.1, 0.15) is 0 Å². The van der Waals surface area contributed by atoms with E-state index in [1.54, 1.807) is 6.20 Å². The average Bonchev–Trinajstić information content (AvgIpc) is 3.37. The van der Waals surface area contributed by atoms with Crippen molar-refractivity contribution >= 4 is 6.03 Å². The summed E-state index contributed by atoms with van der Waals surface area (Å²) in [5, 5.41) is 3.03. The van der Waals surface area contributed by atoms with E-state index in [0.29, 0.717) is 19.1 Å². The predicted octanol–water partition coefficient (Wildman–Crippen LogP) is 2.73. The van der Waals surface area contributed by atoms with Crippen LogP contribution in [0.2, 0.25) is 0 Å². The highest BCUT2D eigenvalue weighted by Gasteiger charge is 2.32. The summed E-state index contributed by atoms with van der Waals surface area (Å²) in [4.78, 5) is 18.8. The first-order chi connectivity index (χ1) is 12.3. The topological polar surface area (TPSA) is 63.7 Å². The molecule has 0 atom stereocenters. The number of urea groups is 1. The van der Waals surface area contributed by atoms with E-state index in [4.69, 9.17) is 9.47 Å². The standard InChI is InChI=1S/C19H21N3O3/c23-19(22(16-5-6-16)12-15-3-1-2-9-20-15)21-10-8-14-4-7-17-18(11-14)25-13-24-17/h1-4,7,9,11,16H,5-6,8,10,12-13H2,(H,21,23). The van der Waals surface area contributed by atoms with Crippen LogP contribution in [0.1, 0.15) is 24.1 Å². The lowest BCUT2D eigenvalue weighted by Gasteiger charge is -2.22. The molecule has 0 spiro atoms. The molecule has 1 aromatic heterocycles. The SMILES string of the molecule is O=C(NCCc1ccc2c(c1)OCO2)N(Cc1ccccn1)C1CC1. The average molecular weight is 339 g/mol. The number of nitrogens with one attached hydrogen (secondary N) is 1. The first-order valence-electron chi connectivity index (χ1n) is 8.62. The molecular formula is C19H21N3O3. The zero-order chi connectivity index (χ0) is 17.1. The molecule has 4 rings (SSSR count). The van der Waals surface area contributed by atoms with Crippen molar-refractivity contribution in [1.29, 1.82) is 0 Å². The van der Waals surface area contributed by atoms with Gasteiger partial charge < -0.3 is 19.7 Å². The smallest absolute Gasteiger partial charge is 0.318 e. The number of pyridine rings is 1. The number of nitrogens with zero attached hydrogens (tertiary/aromatic N) is 2. The molecule has 0 radical (unpaired) electrons. The number of hydrogen-bond acceptors (Lipinski definition) is 4. The van der Waals surface area contributed by atoms with Gasteiger partial charge in [-0.3, -0.25) is 4.98 Å². The van der Waals surface area contributed by atoms with Gasteiger partial charge in [-0.05, 0) is 49.1 Å². The number of fused-ring (bicyclic) bond motifs is 1. The number of benzene rings is 1. The van der Waals surface area contributed by atoms with Gasteiger partial charge in [0.05, 0.1) is 12.2 Å². The Morgan fingerprint density at radius 3 is 2.88 bits per heavy atom. The number of ether oxygens (including phenoxy) is 2. The molecule has 2 aromatic rings. The van der Waals surface area contributed by atoms with Crippen LogP contribution in [0, 0.1) is 0 Å². The van der Waals surface area contributed by atoms with Crippen LogP contribution in [0.3, 0.4) is 0 Å². The minimum Gasteiger partial charge on any atom is -0.454 e. The van der Waals surface area contributed by atoms with Crippen molar-refractivity contribution in [3.8, 4) is 11.5 Å². The largest absolute Gasteiger partial charge is 0.454 e. The maximum Gasteiger partial charge on any atom is 0.318 e. The highest BCUT2D eigenvalue weighted by Crippen LogP contribution is 2.32. The lowest BCUT2D eigenvalue weighted by atomic mass is 10.1. The van der Waals surface area contributed by atoms with Gasteiger partial charge in [-0.1, -0.05) is 12.1 Å². The molecule has 1 N–H and O–H groups in total. The Hall–Kier alpha value is -2.76. The summed E-state index contributed by atoms with van der Waals surface area (Å²) in [5.74, 6) is 1.56. The number of carbonyl (C=O) groups is 1. The molecule has 1 fully saturated rings. The monoisotopic (exact) mass is 339 g/mol. The molecule has 6 heteroatoms. The molecule has 130 valence electrons. The third-order valence-corrected chi connectivity index (χ3v) is 4.43. The Morgan fingerprint density at radius 1 is 1.20 bits per heavy atom. The summed E-state index contributed by atoms with van der Waals surface area (Å²) in [5.41, 5.74) is 2.03. The molecule has 6 nitrogen and oxygen atoms in total. The molecule has 1 saturated carbocycles. The molecule has 0 bridgehead atoms. The third-order valence-electron chi connectivity index (χ3n) is 4.43. The van der Waals surface area contributed by atoms with Crippen molar-refractivity contribution in [3.05, 3.63) is 53.9 Å². The normalized spacial score (nSPS) is 15.0. The fourth-order valence-corrected chi connectivity index (χ4v) is 2.93. The Balaban J connectivity index is 1.31. The number of carbonyl (C=O) groups excluding carboxylic acids is 1.